The number of hydrogen-bond donors (Lipinski definition) is 1. The Balaban J connectivity index is 1.56. The maximum Gasteiger partial charge on any atom is 0.113 e. The highest BCUT2D eigenvalue weighted by Crippen LogP contribution is 2.17. The van der Waals surface area contributed by atoms with E-state index in [1.54, 1.807) is 6.20 Å². The highest BCUT2D eigenvalue weighted by atomic mass is 35.5. The first kappa shape index (κ1) is 15.4. The summed E-state index contributed by atoms with van der Waals surface area (Å²) in [5.74, 6) is 0. The summed E-state index contributed by atoms with van der Waals surface area (Å²) >= 11 is 7.38. The molecule has 20 heavy (non-hydrogen) atoms. The Bertz CT molecular complexity index is 501. The van der Waals surface area contributed by atoms with E-state index in [1.807, 2.05) is 0 Å². The van der Waals surface area contributed by atoms with E-state index >= 15 is 0 Å². The quantitative estimate of drug-likeness (QED) is 0.757. The highest BCUT2D eigenvalue weighted by Gasteiger charge is 2.01. The number of nitrogens with one attached hydrogen (secondary N) is 1. The van der Waals surface area contributed by atoms with E-state index < -0.39 is 0 Å². The van der Waals surface area contributed by atoms with E-state index in [9.17, 15) is 0 Å². The predicted molar refractivity (Wildman–Crippen MR) is 86.2 cm³/mol. The number of thiazole rings is 1. The SMILES string of the molecule is CN(CCCNCc1ncc(Cl)s1)Cc1ccccc1. The number of aromatic nitrogens is 1. The maximum atomic E-state index is 5.84. The van der Waals surface area contributed by atoms with Gasteiger partial charge in [0.25, 0.3) is 0 Å². The fraction of sp³-hybridized carbons (Fsp3) is 0.400. The Morgan fingerprint density at radius 3 is 2.80 bits per heavy atom. The zero-order valence-corrected chi connectivity index (χ0v) is 13.3. The number of rotatable bonds is 8. The molecular formula is C15H20ClN3S. The zero-order valence-electron chi connectivity index (χ0n) is 11.7. The van der Waals surface area contributed by atoms with Gasteiger partial charge >= 0.3 is 0 Å². The van der Waals surface area contributed by atoms with Crippen molar-refractivity contribution in [3.8, 4) is 0 Å². The van der Waals surface area contributed by atoms with Crippen LogP contribution in [-0.2, 0) is 13.1 Å². The van der Waals surface area contributed by atoms with Crippen LogP contribution in [0.4, 0.5) is 0 Å². The molecule has 1 aromatic heterocycles. The molecule has 0 saturated heterocycles. The third-order valence-corrected chi connectivity index (χ3v) is 4.11. The van der Waals surface area contributed by atoms with Gasteiger partial charge in [-0.1, -0.05) is 41.9 Å². The van der Waals surface area contributed by atoms with Gasteiger partial charge in [0.1, 0.15) is 9.34 Å². The van der Waals surface area contributed by atoms with Gasteiger partial charge in [-0.05, 0) is 32.1 Å². The normalized spacial score (nSPS) is 11.2. The number of nitrogens with zero attached hydrogens (tertiary/aromatic N) is 2. The molecule has 0 radical (unpaired) electrons. The molecule has 0 atom stereocenters. The lowest BCUT2D eigenvalue weighted by atomic mass is 10.2. The van der Waals surface area contributed by atoms with Crippen molar-refractivity contribution >= 4 is 22.9 Å². The topological polar surface area (TPSA) is 28.2 Å². The lowest BCUT2D eigenvalue weighted by molar-refractivity contribution is 0.319. The molecule has 3 nitrogen and oxygen atoms in total. The molecule has 1 aromatic carbocycles. The molecule has 108 valence electrons. The van der Waals surface area contributed by atoms with Crippen molar-refractivity contribution in [2.45, 2.75) is 19.5 Å². The second-order valence-electron chi connectivity index (χ2n) is 4.81. The molecule has 0 saturated carbocycles. The lowest BCUT2D eigenvalue weighted by Gasteiger charge is -2.16. The Morgan fingerprint density at radius 1 is 1.30 bits per heavy atom. The van der Waals surface area contributed by atoms with Crippen molar-refractivity contribution in [2.24, 2.45) is 0 Å². The monoisotopic (exact) mass is 309 g/mol. The fourth-order valence-corrected chi connectivity index (χ4v) is 2.94. The van der Waals surface area contributed by atoms with Crippen molar-refractivity contribution in [2.75, 3.05) is 20.1 Å². The van der Waals surface area contributed by atoms with Crippen molar-refractivity contribution in [1.29, 1.82) is 0 Å². The van der Waals surface area contributed by atoms with E-state index in [0.29, 0.717) is 0 Å². The summed E-state index contributed by atoms with van der Waals surface area (Å²) in [6.45, 7) is 3.89. The Kier molecular flexibility index (Phi) is 6.47. The summed E-state index contributed by atoms with van der Waals surface area (Å²) < 4.78 is 0.754. The highest BCUT2D eigenvalue weighted by molar-refractivity contribution is 7.15. The molecule has 0 spiro atoms. The third-order valence-electron chi connectivity index (χ3n) is 2.99. The molecule has 0 aliphatic rings. The first-order valence-corrected chi connectivity index (χ1v) is 7.97. The number of hydrogen-bond acceptors (Lipinski definition) is 4. The molecule has 1 N–H and O–H groups in total. The van der Waals surface area contributed by atoms with Gasteiger partial charge in [-0.2, -0.15) is 0 Å². The molecule has 2 aromatic rings. The molecule has 0 aliphatic heterocycles. The number of benzene rings is 1. The Hall–Kier alpha value is -0.940. The average molecular weight is 310 g/mol. The van der Waals surface area contributed by atoms with Crippen molar-refractivity contribution in [3.63, 3.8) is 0 Å². The first-order valence-electron chi connectivity index (χ1n) is 6.77. The molecular weight excluding hydrogens is 290 g/mol. The van der Waals surface area contributed by atoms with Crippen LogP contribution in [0.15, 0.2) is 36.5 Å². The maximum absolute atomic E-state index is 5.84. The summed E-state index contributed by atoms with van der Waals surface area (Å²) in [7, 11) is 2.16. The Labute approximate surface area is 129 Å². The molecule has 2 rings (SSSR count). The van der Waals surface area contributed by atoms with Gasteiger partial charge in [0.05, 0.1) is 6.20 Å². The standard InChI is InChI=1S/C15H20ClN3S/c1-19(12-13-6-3-2-4-7-13)9-5-8-17-11-15-18-10-14(16)20-15/h2-4,6-7,10,17H,5,8-9,11-12H2,1H3. The molecule has 1 heterocycles. The van der Waals surface area contributed by atoms with Crippen molar-refractivity contribution in [1.82, 2.24) is 15.2 Å². The van der Waals surface area contributed by atoms with Gasteiger partial charge in [-0.25, -0.2) is 4.98 Å². The van der Waals surface area contributed by atoms with E-state index in [4.69, 9.17) is 11.6 Å². The van der Waals surface area contributed by atoms with Gasteiger partial charge in [-0.3, -0.25) is 0 Å². The minimum absolute atomic E-state index is 0.754. The molecule has 0 fully saturated rings. The molecule has 0 aliphatic carbocycles. The lowest BCUT2D eigenvalue weighted by Crippen LogP contribution is -2.23. The van der Waals surface area contributed by atoms with Crippen LogP contribution in [0.5, 0.6) is 0 Å². The summed E-state index contributed by atoms with van der Waals surface area (Å²) in [5, 5.41) is 4.45. The molecule has 0 amide bonds. The third kappa shape index (κ3) is 5.59. The predicted octanol–water partition coefficient (Wildman–Crippen LogP) is 3.41. The minimum atomic E-state index is 0.754. The van der Waals surface area contributed by atoms with Gasteiger partial charge < -0.3 is 10.2 Å². The van der Waals surface area contributed by atoms with Crippen LogP contribution in [0.3, 0.4) is 0 Å². The summed E-state index contributed by atoms with van der Waals surface area (Å²) in [6.07, 6.45) is 2.83. The molecule has 5 heteroatoms. The smallest absolute Gasteiger partial charge is 0.113 e. The van der Waals surface area contributed by atoms with Gasteiger partial charge in [0, 0.05) is 13.1 Å². The second kappa shape index (κ2) is 8.37. The van der Waals surface area contributed by atoms with Crippen LogP contribution in [0, 0.1) is 0 Å². The molecule has 0 bridgehead atoms. The van der Waals surface area contributed by atoms with E-state index in [1.165, 1.54) is 16.9 Å². The Morgan fingerprint density at radius 2 is 2.10 bits per heavy atom. The van der Waals surface area contributed by atoms with Crippen LogP contribution >= 0.6 is 22.9 Å². The van der Waals surface area contributed by atoms with Crippen LogP contribution in [0.1, 0.15) is 17.0 Å². The summed E-state index contributed by atoms with van der Waals surface area (Å²) in [4.78, 5) is 6.56. The zero-order chi connectivity index (χ0) is 14.2. The van der Waals surface area contributed by atoms with Crippen LogP contribution in [0.25, 0.3) is 0 Å². The van der Waals surface area contributed by atoms with Gasteiger partial charge in [0.2, 0.25) is 0 Å². The minimum Gasteiger partial charge on any atom is -0.310 e. The van der Waals surface area contributed by atoms with Crippen molar-refractivity contribution < 1.29 is 0 Å². The van der Waals surface area contributed by atoms with Crippen LogP contribution < -0.4 is 5.32 Å². The van der Waals surface area contributed by atoms with Gasteiger partial charge in [0.15, 0.2) is 0 Å². The first-order chi connectivity index (χ1) is 9.74. The average Bonchev–Trinajstić information content (AvgIpc) is 2.85. The molecule has 0 unspecified atom stereocenters. The summed E-state index contributed by atoms with van der Waals surface area (Å²) in [6, 6.07) is 10.6. The van der Waals surface area contributed by atoms with Crippen molar-refractivity contribution in [3.05, 3.63) is 51.4 Å². The second-order valence-corrected chi connectivity index (χ2v) is 6.56. The van der Waals surface area contributed by atoms with Crippen LogP contribution in [-0.4, -0.2) is 30.0 Å². The van der Waals surface area contributed by atoms with Crippen LogP contribution in [0.2, 0.25) is 4.34 Å². The van der Waals surface area contributed by atoms with E-state index in [0.717, 1.165) is 41.9 Å². The van der Waals surface area contributed by atoms with E-state index in [-0.39, 0.29) is 0 Å². The van der Waals surface area contributed by atoms with Gasteiger partial charge in [-0.15, -0.1) is 11.3 Å². The fourth-order valence-electron chi connectivity index (χ4n) is 2.01. The largest absolute Gasteiger partial charge is 0.310 e. The number of halogens is 1. The summed E-state index contributed by atoms with van der Waals surface area (Å²) in [5.41, 5.74) is 1.36. The van der Waals surface area contributed by atoms with E-state index in [2.05, 4.69) is 52.6 Å².